The van der Waals surface area contributed by atoms with Gasteiger partial charge in [-0.2, -0.15) is 0 Å². The van der Waals surface area contributed by atoms with Gasteiger partial charge < -0.3 is 4.42 Å². The summed E-state index contributed by atoms with van der Waals surface area (Å²) in [5, 5.41) is 0. The largest absolute Gasteiger partial charge is 0.462 e. The zero-order valence-electron chi connectivity index (χ0n) is 13.7. The second-order valence-corrected chi connectivity index (χ2v) is 7.41. The number of rotatable bonds is 5. The van der Waals surface area contributed by atoms with Gasteiger partial charge in [0.15, 0.2) is 4.32 Å². The first kappa shape index (κ1) is 17.0. The fourth-order valence-electron chi connectivity index (χ4n) is 2.54. The Labute approximate surface area is 151 Å². The standard InChI is InChI=1S/C19H19NO2S2/c1-3-4-5-14-7-9-15(10-8-14)20-18(21)17(24-19(20)23)12-16-11-6-13(2)22-16/h6-12H,3-5H2,1-2H3/b17-12+. The lowest BCUT2D eigenvalue weighted by atomic mass is 10.1. The van der Waals surface area contributed by atoms with Crippen molar-refractivity contribution in [1.29, 1.82) is 0 Å². The summed E-state index contributed by atoms with van der Waals surface area (Å²) in [6.45, 7) is 4.06. The summed E-state index contributed by atoms with van der Waals surface area (Å²) in [6.07, 6.45) is 5.16. The van der Waals surface area contributed by atoms with Gasteiger partial charge in [0.25, 0.3) is 5.91 Å². The Kier molecular flexibility index (Phi) is 5.21. The molecule has 3 rings (SSSR count). The lowest BCUT2D eigenvalue weighted by Crippen LogP contribution is -2.27. The maximum Gasteiger partial charge on any atom is 0.270 e. The van der Waals surface area contributed by atoms with Gasteiger partial charge in [-0.15, -0.1) is 0 Å². The van der Waals surface area contributed by atoms with Gasteiger partial charge in [0.2, 0.25) is 0 Å². The fourth-order valence-corrected chi connectivity index (χ4v) is 3.82. The van der Waals surface area contributed by atoms with Crippen molar-refractivity contribution in [2.24, 2.45) is 0 Å². The average molecular weight is 358 g/mol. The molecule has 0 unspecified atom stereocenters. The Bertz CT molecular complexity index is 790. The van der Waals surface area contributed by atoms with E-state index < -0.39 is 0 Å². The van der Waals surface area contributed by atoms with Crippen LogP contribution in [0.25, 0.3) is 6.08 Å². The number of amides is 1. The van der Waals surface area contributed by atoms with E-state index in [4.69, 9.17) is 16.6 Å². The molecule has 1 amide bonds. The van der Waals surface area contributed by atoms with Crippen molar-refractivity contribution >= 4 is 46.0 Å². The van der Waals surface area contributed by atoms with Crippen LogP contribution in [0.15, 0.2) is 45.7 Å². The number of unbranched alkanes of at least 4 members (excludes halogenated alkanes) is 1. The van der Waals surface area contributed by atoms with Crippen LogP contribution in [0.5, 0.6) is 0 Å². The van der Waals surface area contributed by atoms with Crippen molar-refractivity contribution in [2.45, 2.75) is 33.1 Å². The second-order valence-electron chi connectivity index (χ2n) is 5.74. The normalized spacial score (nSPS) is 16.4. The first-order valence-electron chi connectivity index (χ1n) is 8.02. The smallest absolute Gasteiger partial charge is 0.270 e. The van der Waals surface area contributed by atoms with E-state index >= 15 is 0 Å². The summed E-state index contributed by atoms with van der Waals surface area (Å²) in [5.41, 5.74) is 2.10. The number of thiocarbonyl (C=S) groups is 1. The van der Waals surface area contributed by atoms with Crippen molar-refractivity contribution in [3.8, 4) is 0 Å². The molecule has 0 spiro atoms. The molecule has 2 aromatic rings. The van der Waals surface area contributed by atoms with Crippen LogP contribution in [0.3, 0.4) is 0 Å². The Morgan fingerprint density at radius 3 is 2.58 bits per heavy atom. The molecule has 1 aromatic carbocycles. The predicted octanol–water partition coefficient (Wildman–Crippen LogP) is 5.34. The molecule has 0 radical (unpaired) electrons. The minimum atomic E-state index is -0.0969. The number of thioether (sulfide) groups is 1. The third-order valence-corrected chi connectivity index (χ3v) is 5.14. The summed E-state index contributed by atoms with van der Waals surface area (Å²) in [5.74, 6) is 1.39. The number of hydrogen-bond acceptors (Lipinski definition) is 4. The van der Waals surface area contributed by atoms with Gasteiger partial charge in [0.1, 0.15) is 11.5 Å². The second kappa shape index (κ2) is 7.36. The van der Waals surface area contributed by atoms with Gasteiger partial charge >= 0.3 is 0 Å². The van der Waals surface area contributed by atoms with E-state index in [1.165, 1.54) is 30.2 Å². The Hall–Kier alpha value is -1.85. The van der Waals surface area contributed by atoms with Crippen LogP contribution in [0.2, 0.25) is 0 Å². The minimum absolute atomic E-state index is 0.0969. The predicted molar refractivity (Wildman–Crippen MR) is 104 cm³/mol. The maximum absolute atomic E-state index is 12.7. The highest BCUT2D eigenvalue weighted by Crippen LogP contribution is 2.36. The molecule has 0 saturated carbocycles. The molecule has 3 nitrogen and oxygen atoms in total. The van der Waals surface area contributed by atoms with Gasteiger partial charge in [0.05, 0.1) is 10.6 Å². The molecule has 124 valence electrons. The van der Waals surface area contributed by atoms with Crippen molar-refractivity contribution in [3.63, 3.8) is 0 Å². The summed E-state index contributed by atoms with van der Waals surface area (Å²) in [4.78, 5) is 14.9. The average Bonchev–Trinajstić information content (AvgIpc) is 3.10. The molecule has 1 saturated heterocycles. The quantitative estimate of drug-likeness (QED) is 0.534. The van der Waals surface area contributed by atoms with E-state index in [0.29, 0.717) is 15.0 Å². The Balaban J connectivity index is 1.80. The van der Waals surface area contributed by atoms with Crippen LogP contribution in [0, 0.1) is 6.92 Å². The van der Waals surface area contributed by atoms with Crippen LogP contribution in [-0.2, 0) is 11.2 Å². The molecule has 1 fully saturated rings. The number of hydrogen-bond donors (Lipinski definition) is 0. The molecule has 0 aliphatic carbocycles. The van der Waals surface area contributed by atoms with Crippen molar-refractivity contribution in [3.05, 3.63) is 58.4 Å². The van der Waals surface area contributed by atoms with Crippen LogP contribution >= 0.6 is 24.0 Å². The molecule has 1 aromatic heterocycles. The van der Waals surface area contributed by atoms with Crippen molar-refractivity contribution < 1.29 is 9.21 Å². The summed E-state index contributed by atoms with van der Waals surface area (Å²) in [7, 11) is 0. The first-order chi connectivity index (χ1) is 11.6. The molecule has 1 aliphatic heterocycles. The number of carbonyl (C=O) groups excluding carboxylic acids is 1. The summed E-state index contributed by atoms with van der Waals surface area (Å²) >= 11 is 6.71. The fraction of sp³-hybridized carbons (Fsp3) is 0.263. The molecule has 2 heterocycles. The monoisotopic (exact) mass is 357 g/mol. The first-order valence-corrected chi connectivity index (χ1v) is 9.24. The van der Waals surface area contributed by atoms with Crippen LogP contribution in [-0.4, -0.2) is 10.2 Å². The SMILES string of the molecule is CCCCc1ccc(N2C(=O)/C(=C\c3ccc(C)o3)SC2=S)cc1. The Morgan fingerprint density at radius 2 is 1.96 bits per heavy atom. The van der Waals surface area contributed by atoms with Crippen LogP contribution in [0.4, 0.5) is 5.69 Å². The van der Waals surface area contributed by atoms with Crippen molar-refractivity contribution in [1.82, 2.24) is 0 Å². The number of benzene rings is 1. The van der Waals surface area contributed by atoms with Gasteiger partial charge in [-0.1, -0.05) is 49.5 Å². The van der Waals surface area contributed by atoms with Gasteiger partial charge in [-0.3, -0.25) is 9.69 Å². The van der Waals surface area contributed by atoms with E-state index in [9.17, 15) is 4.79 Å². The number of nitrogens with zero attached hydrogens (tertiary/aromatic N) is 1. The zero-order chi connectivity index (χ0) is 17.1. The molecule has 0 bridgehead atoms. The summed E-state index contributed by atoms with van der Waals surface area (Å²) in [6, 6.07) is 11.8. The lowest BCUT2D eigenvalue weighted by Gasteiger charge is -2.15. The molecule has 24 heavy (non-hydrogen) atoms. The van der Waals surface area contributed by atoms with E-state index in [1.54, 1.807) is 11.0 Å². The van der Waals surface area contributed by atoms with Crippen LogP contribution in [0.1, 0.15) is 36.8 Å². The number of carbonyl (C=O) groups is 1. The van der Waals surface area contributed by atoms with Gasteiger partial charge in [0, 0.05) is 6.08 Å². The molecule has 0 atom stereocenters. The molecule has 5 heteroatoms. The van der Waals surface area contributed by atoms with E-state index in [-0.39, 0.29) is 5.91 Å². The van der Waals surface area contributed by atoms with E-state index in [2.05, 4.69) is 19.1 Å². The molecular formula is C19H19NO2S2. The molecule has 1 aliphatic rings. The molecular weight excluding hydrogens is 338 g/mol. The third-order valence-electron chi connectivity index (χ3n) is 3.84. The number of aryl methyl sites for hydroxylation is 2. The number of furan rings is 1. The Morgan fingerprint density at radius 1 is 1.21 bits per heavy atom. The van der Waals surface area contributed by atoms with Gasteiger partial charge in [-0.25, -0.2) is 0 Å². The number of anilines is 1. The molecule has 0 N–H and O–H groups in total. The van der Waals surface area contributed by atoms with Gasteiger partial charge in [-0.05, 0) is 49.6 Å². The summed E-state index contributed by atoms with van der Waals surface area (Å²) < 4.78 is 6.07. The highest BCUT2D eigenvalue weighted by molar-refractivity contribution is 8.27. The third kappa shape index (κ3) is 3.62. The minimum Gasteiger partial charge on any atom is -0.462 e. The highest BCUT2D eigenvalue weighted by Gasteiger charge is 2.33. The topological polar surface area (TPSA) is 33.5 Å². The van der Waals surface area contributed by atoms with E-state index in [0.717, 1.165) is 17.9 Å². The lowest BCUT2D eigenvalue weighted by molar-refractivity contribution is -0.113. The van der Waals surface area contributed by atoms with E-state index in [1.807, 2.05) is 31.2 Å². The maximum atomic E-state index is 12.7. The zero-order valence-corrected chi connectivity index (χ0v) is 15.4. The highest BCUT2D eigenvalue weighted by atomic mass is 32.2. The van der Waals surface area contributed by atoms with Crippen LogP contribution < -0.4 is 4.90 Å². The van der Waals surface area contributed by atoms with Crippen molar-refractivity contribution in [2.75, 3.05) is 4.90 Å².